The SMILES string of the molecule is c1ccc(-c2ccc(N(c3ccc(-c4cc5ccc6ccccc6c5c5ccccc45)cc3)c3ccc4cc5sc6ccccc6c5cc4c3)cc2)cc1. The fraction of sp³-hybridized carbons (Fsp3) is 0. The predicted octanol–water partition coefficient (Wildman–Crippen LogP) is 15.5. The highest BCUT2D eigenvalue weighted by Gasteiger charge is 2.17. The van der Waals surface area contributed by atoms with Crippen molar-refractivity contribution in [1.82, 2.24) is 0 Å². The van der Waals surface area contributed by atoms with Gasteiger partial charge in [0, 0.05) is 37.2 Å². The van der Waals surface area contributed by atoms with E-state index in [1.165, 1.54) is 85.5 Å². The zero-order valence-corrected chi connectivity index (χ0v) is 30.2. The van der Waals surface area contributed by atoms with Crippen LogP contribution >= 0.6 is 11.3 Å². The smallest absolute Gasteiger partial charge is 0.0468 e. The predicted molar refractivity (Wildman–Crippen MR) is 235 cm³/mol. The summed E-state index contributed by atoms with van der Waals surface area (Å²) in [5.74, 6) is 0. The molecule has 0 spiro atoms. The van der Waals surface area contributed by atoms with Crippen LogP contribution in [0.3, 0.4) is 0 Å². The summed E-state index contributed by atoms with van der Waals surface area (Å²) in [6, 6.07) is 73.5. The molecule has 1 nitrogen and oxygen atoms in total. The third-order valence-electron chi connectivity index (χ3n) is 11.0. The van der Waals surface area contributed by atoms with E-state index in [1.54, 1.807) is 0 Å². The van der Waals surface area contributed by atoms with Gasteiger partial charge < -0.3 is 4.90 Å². The summed E-state index contributed by atoms with van der Waals surface area (Å²) in [5, 5.41) is 12.8. The number of anilines is 3. The van der Waals surface area contributed by atoms with Crippen molar-refractivity contribution in [3.05, 3.63) is 200 Å². The molecule has 0 atom stereocenters. The number of benzene rings is 10. The lowest BCUT2D eigenvalue weighted by atomic mass is 9.90. The highest BCUT2D eigenvalue weighted by molar-refractivity contribution is 7.25. The molecule has 0 amide bonds. The molecule has 11 aromatic rings. The largest absolute Gasteiger partial charge is 0.310 e. The third kappa shape index (κ3) is 5.07. The Morgan fingerprint density at radius 2 is 0.889 bits per heavy atom. The van der Waals surface area contributed by atoms with E-state index in [2.05, 4.69) is 205 Å². The molecule has 2 heteroatoms. The molecular formula is C52H33NS. The van der Waals surface area contributed by atoms with Crippen molar-refractivity contribution in [2.75, 3.05) is 4.90 Å². The fourth-order valence-corrected chi connectivity index (χ4v) is 9.52. The van der Waals surface area contributed by atoms with E-state index in [1.807, 2.05) is 11.3 Å². The van der Waals surface area contributed by atoms with E-state index in [4.69, 9.17) is 0 Å². The van der Waals surface area contributed by atoms with Gasteiger partial charge in [-0.25, -0.2) is 0 Å². The Morgan fingerprint density at radius 1 is 0.296 bits per heavy atom. The van der Waals surface area contributed by atoms with E-state index >= 15 is 0 Å². The van der Waals surface area contributed by atoms with Gasteiger partial charge in [0.25, 0.3) is 0 Å². The third-order valence-corrected chi connectivity index (χ3v) is 12.1. The van der Waals surface area contributed by atoms with Crippen LogP contribution in [0.4, 0.5) is 17.1 Å². The molecule has 1 aromatic heterocycles. The van der Waals surface area contributed by atoms with Crippen molar-refractivity contribution < 1.29 is 0 Å². The van der Waals surface area contributed by atoms with Crippen LogP contribution in [0.1, 0.15) is 0 Å². The summed E-state index contributed by atoms with van der Waals surface area (Å²) in [7, 11) is 0. The quantitative estimate of drug-likeness (QED) is 0.161. The van der Waals surface area contributed by atoms with Crippen LogP contribution in [0.2, 0.25) is 0 Å². The number of hydrogen-bond acceptors (Lipinski definition) is 2. The first kappa shape index (κ1) is 30.8. The molecule has 0 aliphatic heterocycles. The van der Waals surface area contributed by atoms with E-state index < -0.39 is 0 Å². The summed E-state index contributed by atoms with van der Waals surface area (Å²) in [5.41, 5.74) is 8.23. The second-order valence-corrected chi connectivity index (χ2v) is 15.2. The number of nitrogens with zero attached hydrogens (tertiary/aromatic N) is 1. The highest BCUT2D eigenvalue weighted by atomic mass is 32.1. The van der Waals surface area contributed by atoms with Gasteiger partial charge in [-0.3, -0.25) is 0 Å². The van der Waals surface area contributed by atoms with E-state index in [-0.39, 0.29) is 0 Å². The first-order valence-corrected chi connectivity index (χ1v) is 19.3. The Morgan fingerprint density at radius 3 is 1.69 bits per heavy atom. The average Bonchev–Trinajstić information content (AvgIpc) is 3.60. The Hall–Kier alpha value is -6.74. The van der Waals surface area contributed by atoms with E-state index in [0.29, 0.717) is 0 Å². The van der Waals surface area contributed by atoms with Gasteiger partial charge in [0.2, 0.25) is 0 Å². The minimum Gasteiger partial charge on any atom is -0.310 e. The van der Waals surface area contributed by atoms with Crippen LogP contribution in [-0.4, -0.2) is 0 Å². The molecule has 252 valence electrons. The molecule has 0 radical (unpaired) electrons. The average molecular weight is 704 g/mol. The van der Waals surface area contributed by atoms with Crippen LogP contribution in [0.15, 0.2) is 200 Å². The molecule has 0 unspecified atom stereocenters. The van der Waals surface area contributed by atoms with Crippen molar-refractivity contribution >= 4 is 91.7 Å². The topological polar surface area (TPSA) is 3.24 Å². The highest BCUT2D eigenvalue weighted by Crippen LogP contribution is 2.43. The van der Waals surface area contributed by atoms with Gasteiger partial charge in [0.1, 0.15) is 0 Å². The Kier molecular flexibility index (Phi) is 7.11. The van der Waals surface area contributed by atoms with Crippen LogP contribution in [-0.2, 0) is 0 Å². The standard InChI is InChI=1S/C52H33NS/c1-2-10-34(11-3-1)35-20-25-41(26-21-35)53(43-29-24-38-33-51-49(32-40(38)30-43)46-15-8-9-17-50(46)54-51)42-27-22-37(23-28-42)48-31-39-19-18-36-12-4-5-13-44(36)52(39)47-16-7-6-14-45(47)48/h1-33H. The van der Waals surface area contributed by atoms with Gasteiger partial charge in [-0.15, -0.1) is 11.3 Å². The second kappa shape index (κ2) is 12.4. The van der Waals surface area contributed by atoms with Crippen molar-refractivity contribution in [2.24, 2.45) is 0 Å². The molecule has 0 N–H and O–H groups in total. The summed E-state index contributed by atoms with van der Waals surface area (Å²) < 4.78 is 2.66. The molecule has 0 saturated heterocycles. The number of fused-ring (bicyclic) bond motifs is 9. The molecule has 0 saturated carbocycles. The zero-order chi connectivity index (χ0) is 35.6. The van der Waals surface area contributed by atoms with Gasteiger partial charge >= 0.3 is 0 Å². The molecule has 0 aliphatic carbocycles. The zero-order valence-electron chi connectivity index (χ0n) is 29.4. The Labute approximate surface area is 317 Å². The Bertz CT molecular complexity index is 3190. The lowest BCUT2D eigenvalue weighted by molar-refractivity contribution is 1.29. The van der Waals surface area contributed by atoms with Gasteiger partial charge in [0.15, 0.2) is 0 Å². The molecule has 11 rings (SSSR count). The van der Waals surface area contributed by atoms with Crippen LogP contribution in [0.5, 0.6) is 0 Å². The molecule has 54 heavy (non-hydrogen) atoms. The first-order chi connectivity index (χ1) is 26.7. The van der Waals surface area contributed by atoms with Crippen molar-refractivity contribution in [3.8, 4) is 22.3 Å². The Balaban J connectivity index is 1.06. The lowest BCUT2D eigenvalue weighted by Gasteiger charge is -2.26. The first-order valence-electron chi connectivity index (χ1n) is 18.5. The van der Waals surface area contributed by atoms with E-state index in [9.17, 15) is 0 Å². The molecule has 0 fully saturated rings. The fourth-order valence-electron chi connectivity index (χ4n) is 8.38. The molecule has 10 aromatic carbocycles. The van der Waals surface area contributed by atoms with Gasteiger partial charge in [-0.1, -0.05) is 140 Å². The number of thiophene rings is 1. The number of hydrogen-bond donors (Lipinski definition) is 0. The van der Waals surface area contributed by atoms with Crippen molar-refractivity contribution in [2.45, 2.75) is 0 Å². The number of rotatable bonds is 5. The summed E-state index contributed by atoms with van der Waals surface area (Å²) >= 11 is 1.87. The minimum atomic E-state index is 1.11. The van der Waals surface area contributed by atoms with Crippen LogP contribution < -0.4 is 4.90 Å². The van der Waals surface area contributed by atoms with Crippen LogP contribution in [0, 0.1) is 0 Å². The normalized spacial score (nSPS) is 11.7. The second-order valence-electron chi connectivity index (χ2n) is 14.1. The van der Waals surface area contributed by atoms with Crippen molar-refractivity contribution in [1.29, 1.82) is 0 Å². The van der Waals surface area contributed by atoms with Gasteiger partial charge in [-0.2, -0.15) is 0 Å². The maximum atomic E-state index is 2.39. The minimum absolute atomic E-state index is 1.11. The maximum Gasteiger partial charge on any atom is 0.0468 e. The molecule has 1 heterocycles. The van der Waals surface area contributed by atoms with Gasteiger partial charge in [0.05, 0.1) is 0 Å². The lowest BCUT2D eigenvalue weighted by Crippen LogP contribution is -2.09. The molecule has 0 aliphatic rings. The summed E-state index contributed by atoms with van der Waals surface area (Å²) in [6.45, 7) is 0. The van der Waals surface area contributed by atoms with Crippen molar-refractivity contribution in [3.63, 3.8) is 0 Å². The maximum absolute atomic E-state index is 2.39. The van der Waals surface area contributed by atoms with Crippen LogP contribution in [0.25, 0.3) is 85.5 Å². The van der Waals surface area contributed by atoms with E-state index in [0.717, 1.165) is 17.1 Å². The summed E-state index contributed by atoms with van der Waals surface area (Å²) in [6.07, 6.45) is 0. The molecule has 0 bridgehead atoms. The van der Waals surface area contributed by atoms with Gasteiger partial charge in [-0.05, 0) is 126 Å². The summed E-state index contributed by atoms with van der Waals surface area (Å²) in [4.78, 5) is 2.39. The monoisotopic (exact) mass is 703 g/mol. The molecular weight excluding hydrogens is 671 g/mol.